The van der Waals surface area contributed by atoms with E-state index in [1.54, 1.807) is 59.1 Å². The molecule has 1 aromatic carbocycles. The summed E-state index contributed by atoms with van der Waals surface area (Å²) in [6, 6.07) is 6.59. The molecule has 0 aliphatic heterocycles. The topological polar surface area (TPSA) is 108 Å². The highest BCUT2D eigenvalue weighted by atomic mass is 16.5. The predicted molar refractivity (Wildman–Crippen MR) is 118 cm³/mol. The van der Waals surface area contributed by atoms with Gasteiger partial charge in [-0.05, 0) is 71.2 Å². The van der Waals surface area contributed by atoms with Crippen LogP contribution in [0.15, 0.2) is 24.3 Å². The van der Waals surface area contributed by atoms with Crippen molar-refractivity contribution in [1.29, 1.82) is 0 Å². The van der Waals surface area contributed by atoms with Crippen LogP contribution in [0.1, 0.15) is 53.9 Å². The van der Waals surface area contributed by atoms with Gasteiger partial charge in [0.25, 0.3) is 0 Å². The molecule has 0 saturated carbocycles. The lowest BCUT2D eigenvalue weighted by Gasteiger charge is -2.39. The number of esters is 3. The fraction of sp³-hybridized carbons (Fsp3) is 0.625. The van der Waals surface area contributed by atoms with Crippen molar-refractivity contribution in [3.8, 4) is 11.5 Å². The van der Waals surface area contributed by atoms with Gasteiger partial charge < -0.3 is 24.1 Å². The van der Waals surface area contributed by atoms with Gasteiger partial charge in [-0.25, -0.2) is 0 Å². The number of benzene rings is 1. The van der Waals surface area contributed by atoms with E-state index in [2.05, 4.69) is 0 Å². The molecule has 0 aromatic heterocycles. The number of methoxy groups -OCH3 is 2. The van der Waals surface area contributed by atoms with Gasteiger partial charge in [0.1, 0.15) is 18.1 Å². The van der Waals surface area contributed by atoms with Gasteiger partial charge in [-0.3, -0.25) is 14.4 Å². The lowest BCUT2D eigenvalue weighted by molar-refractivity contribution is -0.166. The van der Waals surface area contributed by atoms with E-state index in [4.69, 9.17) is 24.1 Å². The van der Waals surface area contributed by atoms with Crippen molar-refractivity contribution in [2.45, 2.75) is 53.9 Å². The summed E-state index contributed by atoms with van der Waals surface area (Å²) in [6.45, 7) is 8.07. The third-order valence-corrected chi connectivity index (χ3v) is 5.71. The Morgan fingerprint density at radius 2 is 1.41 bits per heavy atom. The fourth-order valence-corrected chi connectivity index (χ4v) is 3.90. The van der Waals surface area contributed by atoms with Gasteiger partial charge in [-0.1, -0.05) is 6.92 Å². The number of hydrogen-bond acceptors (Lipinski definition) is 8. The first-order valence-electron chi connectivity index (χ1n) is 10.6. The molecule has 2 unspecified atom stereocenters. The minimum absolute atomic E-state index is 0.0613. The van der Waals surface area contributed by atoms with E-state index in [9.17, 15) is 14.4 Å². The quantitative estimate of drug-likeness (QED) is 0.379. The molecule has 1 aromatic rings. The molecule has 0 radical (unpaired) electrons. The van der Waals surface area contributed by atoms with Crippen LogP contribution in [0.4, 0.5) is 0 Å². The van der Waals surface area contributed by atoms with Crippen molar-refractivity contribution in [3.05, 3.63) is 24.3 Å². The van der Waals surface area contributed by atoms with E-state index in [-0.39, 0.29) is 26.1 Å². The predicted octanol–water partition coefficient (Wildman–Crippen LogP) is 3.54. The molecule has 0 spiro atoms. The third kappa shape index (κ3) is 6.95. The highest BCUT2D eigenvalue weighted by molar-refractivity contribution is 5.83. The van der Waals surface area contributed by atoms with Crippen LogP contribution in [-0.2, 0) is 23.9 Å². The Hall–Kier alpha value is -2.61. The molecule has 32 heavy (non-hydrogen) atoms. The summed E-state index contributed by atoms with van der Waals surface area (Å²) in [5.41, 5.74) is -3.26. The van der Waals surface area contributed by atoms with Crippen molar-refractivity contribution >= 4 is 17.9 Å². The lowest BCUT2D eigenvalue weighted by Crippen LogP contribution is -2.44. The Morgan fingerprint density at radius 1 is 0.844 bits per heavy atom. The molecule has 0 bridgehead atoms. The van der Waals surface area contributed by atoms with Crippen LogP contribution < -0.4 is 9.47 Å². The van der Waals surface area contributed by atoms with Crippen LogP contribution in [0.2, 0.25) is 0 Å². The molecule has 2 atom stereocenters. The van der Waals surface area contributed by atoms with Crippen LogP contribution >= 0.6 is 0 Å². The van der Waals surface area contributed by atoms with Gasteiger partial charge >= 0.3 is 17.9 Å². The lowest BCUT2D eigenvalue weighted by atomic mass is 9.65. The fourth-order valence-electron chi connectivity index (χ4n) is 3.90. The summed E-state index contributed by atoms with van der Waals surface area (Å²) < 4.78 is 20.8. The average molecular weight is 453 g/mol. The van der Waals surface area contributed by atoms with E-state index in [0.717, 1.165) is 0 Å². The Morgan fingerprint density at radius 3 is 1.88 bits per heavy atom. The average Bonchev–Trinajstić information content (AvgIpc) is 2.76. The van der Waals surface area contributed by atoms with Crippen molar-refractivity contribution in [2.24, 2.45) is 16.2 Å². The monoisotopic (exact) mass is 452 g/mol. The number of hydrogen-bond donors (Lipinski definition) is 1. The summed E-state index contributed by atoms with van der Waals surface area (Å²) in [4.78, 5) is 38.5. The van der Waals surface area contributed by atoms with Gasteiger partial charge in [0.2, 0.25) is 0 Å². The molecular formula is C24H36O8. The second-order valence-corrected chi connectivity index (χ2v) is 9.13. The molecule has 0 amide bonds. The molecule has 0 aliphatic carbocycles. The summed E-state index contributed by atoms with van der Waals surface area (Å²) >= 11 is 0. The van der Waals surface area contributed by atoms with Crippen molar-refractivity contribution in [2.75, 3.05) is 27.4 Å². The van der Waals surface area contributed by atoms with Gasteiger partial charge in [-0.2, -0.15) is 0 Å². The number of aliphatic hydroxyl groups excluding tert-OH is 1. The Balaban J connectivity index is 3.17. The second kappa shape index (κ2) is 11.3. The molecule has 1 N–H and O–H groups in total. The van der Waals surface area contributed by atoms with E-state index in [1.165, 1.54) is 7.11 Å². The smallest absolute Gasteiger partial charge is 0.316 e. The maximum atomic E-state index is 13.0. The number of rotatable bonds is 12. The molecule has 1 rings (SSSR count). The van der Waals surface area contributed by atoms with Gasteiger partial charge in [0.15, 0.2) is 0 Å². The maximum Gasteiger partial charge on any atom is 0.316 e. The van der Waals surface area contributed by atoms with E-state index >= 15 is 0 Å². The summed E-state index contributed by atoms with van der Waals surface area (Å²) in [5.74, 6) is -0.591. The number of ether oxygens (including phenoxy) is 4. The molecule has 8 nitrogen and oxygen atoms in total. The zero-order chi connectivity index (χ0) is 24.6. The molecular weight excluding hydrogens is 416 g/mol. The Labute approximate surface area is 190 Å². The molecule has 0 aliphatic rings. The van der Waals surface area contributed by atoms with Crippen LogP contribution in [-0.4, -0.2) is 50.4 Å². The molecule has 180 valence electrons. The first-order chi connectivity index (χ1) is 14.9. The number of aliphatic hydroxyl groups is 1. The van der Waals surface area contributed by atoms with Crippen molar-refractivity contribution in [3.63, 3.8) is 0 Å². The van der Waals surface area contributed by atoms with E-state index in [0.29, 0.717) is 17.9 Å². The van der Waals surface area contributed by atoms with Crippen molar-refractivity contribution in [1.82, 2.24) is 0 Å². The van der Waals surface area contributed by atoms with Crippen LogP contribution in [0, 0.1) is 16.2 Å². The van der Waals surface area contributed by atoms with E-state index < -0.39 is 34.2 Å². The maximum absolute atomic E-state index is 13.0. The van der Waals surface area contributed by atoms with Crippen molar-refractivity contribution < 1.29 is 38.4 Å². The van der Waals surface area contributed by atoms with E-state index in [1.807, 2.05) is 6.92 Å². The standard InChI is InChI=1S/C24H36O8/c1-8-23(4,20(27)30-7)16-24(5,21(28)31-14-13-25)15-22(2,3)19(26)32-18-11-9-17(29-6)10-12-18/h9-12,25H,8,13-16H2,1-7H3. The summed E-state index contributed by atoms with van der Waals surface area (Å²) in [7, 11) is 2.84. The minimum atomic E-state index is -1.21. The summed E-state index contributed by atoms with van der Waals surface area (Å²) in [6.07, 6.45) is 0.595. The third-order valence-electron chi connectivity index (χ3n) is 5.71. The molecule has 8 heteroatoms. The van der Waals surface area contributed by atoms with Crippen LogP contribution in [0.3, 0.4) is 0 Å². The SMILES string of the molecule is CCC(C)(CC(C)(CC(C)(C)C(=O)Oc1ccc(OC)cc1)C(=O)OCCO)C(=O)OC. The van der Waals surface area contributed by atoms with Gasteiger partial charge in [-0.15, -0.1) is 0 Å². The molecule has 0 heterocycles. The first-order valence-corrected chi connectivity index (χ1v) is 10.6. The largest absolute Gasteiger partial charge is 0.497 e. The second-order valence-electron chi connectivity index (χ2n) is 9.13. The zero-order valence-corrected chi connectivity index (χ0v) is 20.1. The normalized spacial score (nSPS) is 15.1. The number of carbonyl (C=O) groups excluding carboxylic acids is 3. The highest BCUT2D eigenvalue weighted by Gasteiger charge is 2.49. The molecule has 0 saturated heterocycles. The van der Waals surface area contributed by atoms with Crippen LogP contribution in [0.25, 0.3) is 0 Å². The summed E-state index contributed by atoms with van der Waals surface area (Å²) in [5, 5.41) is 9.07. The Bertz CT molecular complexity index is 786. The Kier molecular flexibility index (Phi) is 9.70. The zero-order valence-electron chi connectivity index (χ0n) is 20.1. The minimum Gasteiger partial charge on any atom is -0.497 e. The van der Waals surface area contributed by atoms with Crippen LogP contribution in [0.5, 0.6) is 11.5 Å². The van der Waals surface area contributed by atoms with Gasteiger partial charge in [0.05, 0.1) is 37.1 Å². The first kappa shape index (κ1) is 27.4. The molecule has 0 fully saturated rings. The highest BCUT2D eigenvalue weighted by Crippen LogP contribution is 2.45. The van der Waals surface area contributed by atoms with Gasteiger partial charge in [0, 0.05) is 0 Å². The number of carbonyl (C=O) groups is 3.